The molecular weight excluding hydrogens is 310 g/mol. The minimum absolute atomic E-state index is 0.215. The number of hydrogen-bond acceptors (Lipinski definition) is 3. The van der Waals surface area contributed by atoms with E-state index in [2.05, 4.69) is 4.72 Å². The predicted octanol–water partition coefficient (Wildman–Crippen LogP) is 3.33. The number of sulfonamides is 1. The zero-order valence-corrected chi connectivity index (χ0v) is 13.5. The minimum Gasteiger partial charge on any atom is -0.497 e. The molecule has 4 nitrogen and oxygen atoms in total. The van der Waals surface area contributed by atoms with E-state index in [9.17, 15) is 8.42 Å². The highest BCUT2D eigenvalue weighted by molar-refractivity contribution is 7.89. The van der Waals surface area contributed by atoms with Gasteiger partial charge in [-0.05, 0) is 40.6 Å². The van der Waals surface area contributed by atoms with E-state index in [-0.39, 0.29) is 11.4 Å². The standard InChI is InChI=1S/C18H17NO3S/c1-22-17-8-4-5-14(11-17)13-19-23(20,21)18-10-9-15-6-2-3-7-16(15)12-18/h2-12,19H,13H2,1H3. The SMILES string of the molecule is COc1cccc(CNS(=O)(=O)c2ccc3ccccc3c2)c1. The summed E-state index contributed by atoms with van der Waals surface area (Å²) < 4.78 is 32.7. The van der Waals surface area contributed by atoms with E-state index in [4.69, 9.17) is 4.74 Å². The van der Waals surface area contributed by atoms with Gasteiger partial charge in [-0.3, -0.25) is 0 Å². The van der Waals surface area contributed by atoms with Crippen molar-refractivity contribution in [2.45, 2.75) is 11.4 Å². The molecule has 0 radical (unpaired) electrons. The molecule has 0 aliphatic heterocycles. The lowest BCUT2D eigenvalue weighted by molar-refractivity contribution is 0.414. The monoisotopic (exact) mass is 327 g/mol. The quantitative estimate of drug-likeness (QED) is 0.782. The summed E-state index contributed by atoms with van der Waals surface area (Å²) in [4.78, 5) is 0.263. The van der Waals surface area contributed by atoms with Gasteiger partial charge in [0.2, 0.25) is 10.0 Å². The summed E-state index contributed by atoms with van der Waals surface area (Å²) >= 11 is 0. The van der Waals surface area contributed by atoms with Crippen molar-refractivity contribution in [3.8, 4) is 5.75 Å². The second-order valence-electron chi connectivity index (χ2n) is 5.19. The lowest BCUT2D eigenvalue weighted by atomic mass is 10.1. The van der Waals surface area contributed by atoms with Gasteiger partial charge in [-0.1, -0.05) is 42.5 Å². The van der Waals surface area contributed by atoms with Crippen LogP contribution in [0.5, 0.6) is 5.75 Å². The molecule has 3 aromatic rings. The van der Waals surface area contributed by atoms with Crippen molar-refractivity contribution in [3.63, 3.8) is 0 Å². The van der Waals surface area contributed by atoms with E-state index in [0.29, 0.717) is 5.75 Å². The Kier molecular flexibility index (Phi) is 4.32. The van der Waals surface area contributed by atoms with E-state index in [1.165, 1.54) is 0 Å². The summed E-state index contributed by atoms with van der Waals surface area (Å²) in [7, 11) is -1.98. The van der Waals surface area contributed by atoms with Crippen LogP contribution in [0.25, 0.3) is 10.8 Å². The molecule has 5 heteroatoms. The van der Waals surface area contributed by atoms with E-state index in [1.54, 1.807) is 19.2 Å². The van der Waals surface area contributed by atoms with Crippen molar-refractivity contribution < 1.29 is 13.2 Å². The number of nitrogens with one attached hydrogen (secondary N) is 1. The van der Waals surface area contributed by atoms with E-state index in [0.717, 1.165) is 16.3 Å². The number of rotatable bonds is 5. The summed E-state index contributed by atoms with van der Waals surface area (Å²) in [6.07, 6.45) is 0. The fourth-order valence-electron chi connectivity index (χ4n) is 2.38. The van der Waals surface area contributed by atoms with Gasteiger partial charge in [0, 0.05) is 6.54 Å². The van der Waals surface area contributed by atoms with Crippen molar-refractivity contribution >= 4 is 20.8 Å². The molecule has 0 amide bonds. The fraction of sp³-hybridized carbons (Fsp3) is 0.111. The molecule has 0 heterocycles. The molecule has 118 valence electrons. The molecular formula is C18H17NO3S. The van der Waals surface area contributed by atoms with Gasteiger partial charge in [-0.2, -0.15) is 0 Å². The minimum atomic E-state index is -3.56. The highest BCUT2D eigenvalue weighted by Gasteiger charge is 2.14. The molecule has 0 atom stereocenters. The fourth-order valence-corrected chi connectivity index (χ4v) is 3.43. The average Bonchev–Trinajstić information content (AvgIpc) is 2.60. The molecule has 0 unspecified atom stereocenters. The van der Waals surface area contributed by atoms with Crippen molar-refractivity contribution in [2.24, 2.45) is 0 Å². The largest absolute Gasteiger partial charge is 0.497 e. The van der Waals surface area contributed by atoms with Gasteiger partial charge >= 0.3 is 0 Å². The summed E-state index contributed by atoms with van der Waals surface area (Å²) in [5, 5.41) is 1.91. The lowest BCUT2D eigenvalue weighted by Crippen LogP contribution is -2.23. The van der Waals surface area contributed by atoms with Crippen molar-refractivity contribution in [2.75, 3.05) is 7.11 Å². The van der Waals surface area contributed by atoms with E-state index >= 15 is 0 Å². The molecule has 0 saturated heterocycles. The van der Waals surface area contributed by atoms with Crippen LogP contribution in [0.2, 0.25) is 0 Å². The van der Waals surface area contributed by atoms with Gasteiger partial charge in [-0.25, -0.2) is 13.1 Å². The predicted molar refractivity (Wildman–Crippen MR) is 91.0 cm³/mol. The second kappa shape index (κ2) is 6.40. The van der Waals surface area contributed by atoms with Crippen LogP contribution >= 0.6 is 0 Å². The van der Waals surface area contributed by atoms with Gasteiger partial charge in [0.25, 0.3) is 0 Å². The molecule has 0 saturated carbocycles. The number of fused-ring (bicyclic) bond motifs is 1. The Balaban J connectivity index is 1.82. The van der Waals surface area contributed by atoms with Gasteiger partial charge in [-0.15, -0.1) is 0 Å². The molecule has 3 aromatic carbocycles. The van der Waals surface area contributed by atoms with Gasteiger partial charge in [0.1, 0.15) is 5.75 Å². The van der Waals surface area contributed by atoms with Crippen LogP contribution in [-0.4, -0.2) is 15.5 Å². The van der Waals surface area contributed by atoms with E-state index < -0.39 is 10.0 Å². The zero-order chi connectivity index (χ0) is 16.3. The maximum atomic E-state index is 12.5. The number of benzene rings is 3. The van der Waals surface area contributed by atoms with Crippen LogP contribution in [0.15, 0.2) is 71.6 Å². The molecule has 0 fully saturated rings. The molecule has 0 aliphatic rings. The van der Waals surface area contributed by atoms with Crippen molar-refractivity contribution in [3.05, 3.63) is 72.3 Å². The third kappa shape index (κ3) is 3.52. The zero-order valence-electron chi connectivity index (χ0n) is 12.7. The third-order valence-electron chi connectivity index (χ3n) is 3.63. The maximum absolute atomic E-state index is 12.5. The molecule has 23 heavy (non-hydrogen) atoms. The van der Waals surface area contributed by atoms with Crippen molar-refractivity contribution in [1.29, 1.82) is 0 Å². The Morgan fingerprint density at radius 3 is 2.48 bits per heavy atom. The third-order valence-corrected chi connectivity index (χ3v) is 5.03. The summed E-state index contributed by atoms with van der Waals surface area (Å²) in [5.74, 6) is 0.701. The molecule has 0 spiro atoms. The number of ether oxygens (including phenoxy) is 1. The molecule has 3 rings (SSSR count). The van der Waals surface area contributed by atoms with Crippen LogP contribution in [-0.2, 0) is 16.6 Å². The van der Waals surface area contributed by atoms with E-state index in [1.807, 2.05) is 54.6 Å². The number of methoxy groups -OCH3 is 1. The first-order valence-corrected chi connectivity index (χ1v) is 8.68. The first kappa shape index (κ1) is 15.5. The number of hydrogen-bond donors (Lipinski definition) is 1. The Labute approximate surface area is 135 Å². The average molecular weight is 327 g/mol. The first-order valence-electron chi connectivity index (χ1n) is 7.20. The van der Waals surface area contributed by atoms with Gasteiger partial charge < -0.3 is 4.74 Å². The molecule has 1 N–H and O–H groups in total. The summed E-state index contributed by atoms with van der Waals surface area (Å²) in [6, 6.07) is 20.1. The Hall–Kier alpha value is -2.37. The Morgan fingerprint density at radius 1 is 0.913 bits per heavy atom. The van der Waals surface area contributed by atoms with Crippen LogP contribution in [0.3, 0.4) is 0 Å². The second-order valence-corrected chi connectivity index (χ2v) is 6.95. The Morgan fingerprint density at radius 2 is 1.70 bits per heavy atom. The topological polar surface area (TPSA) is 55.4 Å². The van der Waals surface area contributed by atoms with Crippen LogP contribution in [0, 0.1) is 0 Å². The molecule has 0 aliphatic carbocycles. The smallest absolute Gasteiger partial charge is 0.240 e. The molecule has 0 aromatic heterocycles. The van der Waals surface area contributed by atoms with Gasteiger partial charge in [0.15, 0.2) is 0 Å². The Bertz CT molecular complexity index is 936. The highest BCUT2D eigenvalue weighted by Crippen LogP contribution is 2.19. The highest BCUT2D eigenvalue weighted by atomic mass is 32.2. The normalized spacial score (nSPS) is 11.5. The van der Waals surface area contributed by atoms with Crippen LogP contribution in [0.4, 0.5) is 0 Å². The first-order chi connectivity index (χ1) is 11.1. The van der Waals surface area contributed by atoms with Gasteiger partial charge in [0.05, 0.1) is 12.0 Å². The molecule has 0 bridgehead atoms. The van der Waals surface area contributed by atoms with Crippen molar-refractivity contribution in [1.82, 2.24) is 4.72 Å². The lowest BCUT2D eigenvalue weighted by Gasteiger charge is -2.09. The van der Waals surface area contributed by atoms with Crippen LogP contribution in [0.1, 0.15) is 5.56 Å². The van der Waals surface area contributed by atoms with Crippen LogP contribution < -0.4 is 9.46 Å². The summed E-state index contributed by atoms with van der Waals surface area (Å²) in [5.41, 5.74) is 0.841. The maximum Gasteiger partial charge on any atom is 0.240 e. The summed E-state index contributed by atoms with van der Waals surface area (Å²) in [6.45, 7) is 0.215.